The number of sulfonamides is 1. The van der Waals surface area contributed by atoms with Crippen molar-refractivity contribution >= 4 is 32.7 Å². The van der Waals surface area contributed by atoms with Crippen molar-refractivity contribution in [1.82, 2.24) is 9.97 Å². The number of rotatable bonds is 6. The van der Waals surface area contributed by atoms with E-state index in [0.29, 0.717) is 34.9 Å². The second-order valence-electron chi connectivity index (χ2n) is 7.06. The van der Waals surface area contributed by atoms with Gasteiger partial charge in [0.25, 0.3) is 10.0 Å². The Morgan fingerprint density at radius 2 is 1.59 bits per heavy atom. The molecule has 0 spiro atoms. The Kier molecular flexibility index (Phi) is 5.32. The molecule has 3 aromatic rings. The summed E-state index contributed by atoms with van der Waals surface area (Å²) >= 11 is 0. The fraction of sp³-hybridized carbons (Fsp3) is 0.300. The molecule has 2 aromatic carbocycles. The number of nitrogens with zero attached hydrogens (tertiary/aromatic N) is 2. The SMILES string of the molecule is Cc1ccc(S(=O)(=O)Nc2nc3ccccc3nc2NCC(C)C)c(C)c1. The molecule has 0 fully saturated rings. The summed E-state index contributed by atoms with van der Waals surface area (Å²) < 4.78 is 28.5. The van der Waals surface area contributed by atoms with Gasteiger partial charge in [0.15, 0.2) is 11.6 Å². The topological polar surface area (TPSA) is 84.0 Å². The van der Waals surface area contributed by atoms with Crippen molar-refractivity contribution in [2.24, 2.45) is 5.92 Å². The maximum atomic E-state index is 13.0. The molecule has 2 N–H and O–H groups in total. The predicted molar refractivity (Wildman–Crippen MR) is 110 cm³/mol. The van der Waals surface area contributed by atoms with Crippen LogP contribution in [0.4, 0.5) is 11.6 Å². The van der Waals surface area contributed by atoms with E-state index in [1.165, 1.54) is 0 Å². The lowest BCUT2D eigenvalue weighted by Crippen LogP contribution is -2.18. The van der Waals surface area contributed by atoms with E-state index >= 15 is 0 Å². The van der Waals surface area contributed by atoms with E-state index in [1.807, 2.05) is 37.3 Å². The molecule has 3 rings (SSSR count). The third-order valence-corrected chi connectivity index (χ3v) is 5.60. The summed E-state index contributed by atoms with van der Waals surface area (Å²) in [5.74, 6) is 1.01. The lowest BCUT2D eigenvalue weighted by molar-refractivity contribution is 0.600. The highest BCUT2D eigenvalue weighted by Crippen LogP contribution is 2.25. The van der Waals surface area contributed by atoms with Gasteiger partial charge in [0, 0.05) is 6.54 Å². The van der Waals surface area contributed by atoms with Gasteiger partial charge in [-0.05, 0) is 43.5 Å². The van der Waals surface area contributed by atoms with Crippen LogP contribution in [0.2, 0.25) is 0 Å². The molecule has 27 heavy (non-hydrogen) atoms. The average molecular weight is 385 g/mol. The molecule has 1 heterocycles. The monoisotopic (exact) mass is 384 g/mol. The van der Waals surface area contributed by atoms with Crippen LogP contribution < -0.4 is 10.0 Å². The van der Waals surface area contributed by atoms with Crippen LogP contribution in [-0.4, -0.2) is 24.9 Å². The van der Waals surface area contributed by atoms with E-state index in [4.69, 9.17) is 0 Å². The third-order valence-electron chi connectivity index (χ3n) is 4.10. The molecule has 0 radical (unpaired) electrons. The van der Waals surface area contributed by atoms with Crippen molar-refractivity contribution in [2.45, 2.75) is 32.6 Å². The highest BCUT2D eigenvalue weighted by molar-refractivity contribution is 7.92. The molecule has 0 unspecified atom stereocenters. The van der Waals surface area contributed by atoms with Crippen molar-refractivity contribution in [3.05, 3.63) is 53.6 Å². The molecule has 6 nitrogen and oxygen atoms in total. The van der Waals surface area contributed by atoms with E-state index in [1.54, 1.807) is 19.1 Å². The maximum absolute atomic E-state index is 13.0. The Bertz CT molecular complexity index is 1080. The van der Waals surface area contributed by atoms with Gasteiger partial charge >= 0.3 is 0 Å². The molecule has 0 aliphatic heterocycles. The van der Waals surface area contributed by atoms with Gasteiger partial charge in [0.2, 0.25) is 0 Å². The van der Waals surface area contributed by atoms with Crippen LogP contribution in [0.25, 0.3) is 11.0 Å². The minimum Gasteiger partial charge on any atom is -0.367 e. The minimum atomic E-state index is -3.78. The second kappa shape index (κ2) is 7.52. The number of aryl methyl sites for hydroxylation is 2. The Balaban J connectivity index is 2.04. The molecule has 0 saturated carbocycles. The zero-order valence-electron chi connectivity index (χ0n) is 15.9. The summed E-state index contributed by atoms with van der Waals surface area (Å²) in [7, 11) is -3.78. The highest BCUT2D eigenvalue weighted by Gasteiger charge is 2.20. The predicted octanol–water partition coefficient (Wildman–Crippen LogP) is 4.12. The molecule has 0 aliphatic carbocycles. The molecule has 7 heteroatoms. The zero-order valence-corrected chi connectivity index (χ0v) is 16.8. The largest absolute Gasteiger partial charge is 0.367 e. The van der Waals surface area contributed by atoms with Crippen LogP contribution in [0, 0.1) is 19.8 Å². The summed E-state index contributed by atoms with van der Waals surface area (Å²) in [5.41, 5.74) is 3.04. The Labute approximate surface area is 160 Å². The lowest BCUT2D eigenvalue weighted by atomic mass is 10.2. The van der Waals surface area contributed by atoms with E-state index in [0.717, 1.165) is 5.56 Å². The standard InChI is InChI=1S/C20H24N4O2S/c1-13(2)12-21-19-20(23-17-8-6-5-7-16(17)22-19)24-27(25,26)18-10-9-14(3)11-15(18)4/h5-11,13H,12H2,1-4H3,(H,21,22)(H,23,24). The Morgan fingerprint density at radius 1 is 0.963 bits per heavy atom. The molecular weight excluding hydrogens is 360 g/mol. The molecule has 0 atom stereocenters. The Hall–Kier alpha value is -2.67. The first-order valence-electron chi connectivity index (χ1n) is 8.87. The molecule has 0 saturated heterocycles. The first-order valence-corrected chi connectivity index (χ1v) is 10.4. The van der Waals surface area contributed by atoms with Crippen LogP contribution in [0.3, 0.4) is 0 Å². The summed E-state index contributed by atoms with van der Waals surface area (Å²) in [6.45, 7) is 8.51. The van der Waals surface area contributed by atoms with Crippen molar-refractivity contribution in [3.63, 3.8) is 0 Å². The maximum Gasteiger partial charge on any atom is 0.263 e. The first-order chi connectivity index (χ1) is 12.8. The van der Waals surface area contributed by atoms with Gasteiger partial charge in [0.05, 0.1) is 15.9 Å². The molecule has 0 aliphatic rings. The van der Waals surface area contributed by atoms with Crippen LogP contribution in [0.5, 0.6) is 0 Å². The summed E-state index contributed by atoms with van der Waals surface area (Å²) in [6, 6.07) is 12.6. The molecule has 1 aromatic heterocycles. The number of benzene rings is 2. The van der Waals surface area contributed by atoms with Gasteiger partial charge in [-0.25, -0.2) is 18.4 Å². The normalized spacial score (nSPS) is 11.7. The first kappa shape index (κ1) is 19.1. The summed E-state index contributed by atoms with van der Waals surface area (Å²) in [4.78, 5) is 9.29. The van der Waals surface area contributed by atoms with Crippen molar-refractivity contribution in [3.8, 4) is 0 Å². The number of hydrogen-bond acceptors (Lipinski definition) is 5. The number of anilines is 2. The number of aromatic nitrogens is 2. The molecular formula is C20H24N4O2S. The zero-order chi connectivity index (χ0) is 19.6. The summed E-state index contributed by atoms with van der Waals surface area (Å²) in [6.07, 6.45) is 0. The van der Waals surface area contributed by atoms with E-state index in [-0.39, 0.29) is 10.7 Å². The quantitative estimate of drug-likeness (QED) is 0.668. The van der Waals surface area contributed by atoms with Crippen molar-refractivity contribution in [2.75, 3.05) is 16.6 Å². The van der Waals surface area contributed by atoms with Crippen LogP contribution in [0.1, 0.15) is 25.0 Å². The van der Waals surface area contributed by atoms with Crippen molar-refractivity contribution < 1.29 is 8.42 Å². The summed E-state index contributed by atoms with van der Waals surface area (Å²) in [5, 5.41) is 3.20. The van der Waals surface area contributed by atoms with Gasteiger partial charge in [-0.3, -0.25) is 4.72 Å². The lowest BCUT2D eigenvalue weighted by Gasteiger charge is -2.15. The number of fused-ring (bicyclic) bond motifs is 1. The van der Waals surface area contributed by atoms with Gasteiger partial charge in [-0.1, -0.05) is 43.7 Å². The van der Waals surface area contributed by atoms with Gasteiger partial charge < -0.3 is 5.32 Å². The van der Waals surface area contributed by atoms with E-state index in [9.17, 15) is 8.42 Å². The van der Waals surface area contributed by atoms with E-state index < -0.39 is 10.0 Å². The van der Waals surface area contributed by atoms with Crippen molar-refractivity contribution in [1.29, 1.82) is 0 Å². The van der Waals surface area contributed by atoms with Crippen LogP contribution in [0.15, 0.2) is 47.4 Å². The van der Waals surface area contributed by atoms with Gasteiger partial charge in [0.1, 0.15) is 0 Å². The van der Waals surface area contributed by atoms with Gasteiger partial charge in [-0.15, -0.1) is 0 Å². The van der Waals surface area contributed by atoms with Gasteiger partial charge in [-0.2, -0.15) is 0 Å². The Morgan fingerprint density at radius 3 is 2.19 bits per heavy atom. The number of nitrogens with one attached hydrogen (secondary N) is 2. The third kappa shape index (κ3) is 4.36. The number of hydrogen-bond donors (Lipinski definition) is 2. The molecule has 142 valence electrons. The van der Waals surface area contributed by atoms with Crippen LogP contribution >= 0.6 is 0 Å². The number of para-hydroxylation sites is 2. The fourth-order valence-corrected chi connectivity index (χ4v) is 4.02. The molecule has 0 bridgehead atoms. The second-order valence-corrected chi connectivity index (χ2v) is 8.71. The molecule has 0 amide bonds. The average Bonchev–Trinajstić information content (AvgIpc) is 2.59. The smallest absolute Gasteiger partial charge is 0.263 e. The highest BCUT2D eigenvalue weighted by atomic mass is 32.2. The minimum absolute atomic E-state index is 0.203. The van der Waals surface area contributed by atoms with E-state index in [2.05, 4.69) is 33.9 Å². The van der Waals surface area contributed by atoms with Crippen LogP contribution in [-0.2, 0) is 10.0 Å². The fourth-order valence-electron chi connectivity index (χ4n) is 2.78.